The summed E-state index contributed by atoms with van der Waals surface area (Å²) >= 11 is 1.41. The molecule has 0 aromatic carbocycles. The SMILES string of the molecule is COCC(N)CN(C)c1nc(C(C)C)ns1. The summed E-state index contributed by atoms with van der Waals surface area (Å²) in [7, 11) is 3.63. The average molecular weight is 244 g/mol. The molecular weight excluding hydrogens is 224 g/mol. The van der Waals surface area contributed by atoms with Crippen molar-refractivity contribution in [1.82, 2.24) is 9.36 Å². The maximum Gasteiger partial charge on any atom is 0.205 e. The van der Waals surface area contributed by atoms with Crippen molar-refractivity contribution in [2.45, 2.75) is 25.8 Å². The molecule has 1 rings (SSSR count). The summed E-state index contributed by atoms with van der Waals surface area (Å²) < 4.78 is 9.31. The maximum absolute atomic E-state index is 5.88. The third-order valence-electron chi connectivity index (χ3n) is 2.16. The van der Waals surface area contributed by atoms with Crippen LogP contribution in [0.3, 0.4) is 0 Å². The number of hydrogen-bond donors (Lipinski definition) is 1. The number of ether oxygens (including phenoxy) is 1. The molecule has 16 heavy (non-hydrogen) atoms. The van der Waals surface area contributed by atoms with E-state index in [1.54, 1.807) is 7.11 Å². The lowest BCUT2D eigenvalue weighted by molar-refractivity contribution is 0.181. The number of rotatable bonds is 6. The Balaban J connectivity index is 2.55. The predicted octanol–water partition coefficient (Wildman–Crippen LogP) is 1.07. The van der Waals surface area contributed by atoms with Crippen LogP contribution in [-0.2, 0) is 4.74 Å². The van der Waals surface area contributed by atoms with Gasteiger partial charge in [-0.05, 0) is 0 Å². The monoisotopic (exact) mass is 244 g/mol. The maximum atomic E-state index is 5.88. The molecule has 0 fully saturated rings. The van der Waals surface area contributed by atoms with Crippen molar-refractivity contribution in [1.29, 1.82) is 0 Å². The molecule has 0 amide bonds. The summed E-state index contributed by atoms with van der Waals surface area (Å²) in [5, 5.41) is 0.912. The first-order valence-corrected chi connectivity index (χ1v) is 6.11. The second kappa shape index (κ2) is 6.12. The van der Waals surface area contributed by atoms with Gasteiger partial charge in [-0.2, -0.15) is 4.37 Å². The van der Waals surface area contributed by atoms with Crippen LogP contribution in [0.15, 0.2) is 0 Å². The molecule has 0 radical (unpaired) electrons. The number of methoxy groups -OCH3 is 1. The van der Waals surface area contributed by atoms with Gasteiger partial charge in [0.1, 0.15) is 5.82 Å². The predicted molar refractivity (Wildman–Crippen MR) is 67.1 cm³/mol. The molecule has 0 aliphatic rings. The van der Waals surface area contributed by atoms with E-state index in [1.807, 2.05) is 11.9 Å². The van der Waals surface area contributed by atoms with Crippen LogP contribution in [-0.4, -0.2) is 42.7 Å². The zero-order valence-electron chi connectivity index (χ0n) is 10.3. The van der Waals surface area contributed by atoms with Crippen LogP contribution >= 0.6 is 11.5 Å². The number of nitrogens with zero attached hydrogens (tertiary/aromatic N) is 3. The van der Waals surface area contributed by atoms with Crippen molar-refractivity contribution in [2.24, 2.45) is 5.73 Å². The van der Waals surface area contributed by atoms with E-state index in [1.165, 1.54) is 11.5 Å². The molecule has 6 heteroatoms. The fraction of sp³-hybridized carbons (Fsp3) is 0.800. The molecule has 1 aromatic heterocycles. The number of anilines is 1. The van der Waals surface area contributed by atoms with Gasteiger partial charge in [0.2, 0.25) is 5.13 Å². The van der Waals surface area contributed by atoms with Crippen LogP contribution in [0.25, 0.3) is 0 Å². The van der Waals surface area contributed by atoms with E-state index < -0.39 is 0 Å². The molecule has 5 nitrogen and oxygen atoms in total. The lowest BCUT2D eigenvalue weighted by atomic mass is 10.2. The van der Waals surface area contributed by atoms with Gasteiger partial charge in [0, 0.05) is 44.2 Å². The van der Waals surface area contributed by atoms with Gasteiger partial charge in [0.05, 0.1) is 6.61 Å². The van der Waals surface area contributed by atoms with Crippen LogP contribution in [0.5, 0.6) is 0 Å². The molecule has 1 unspecified atom stereocenters. The van der Waals surface area contributed by atoms with E-state index >= 15 is 0 Å². The minimum absolute atomic E-state index is 0.00130. The van der Waals surface area contributed by atoms with E-state index in [2.05, 4.69) is 23.2 Å². The van der Waals surface area contributed by atoms with Gasteiger partial charge in [0.15, 0.2) is 0 Å². The van der Waals surface area contributed by atoms with Gasteiger partial charge in [0.25, 0.3) is 0 Å². The van der Waals surface area contributed by atoms with Crippen molar-refractivity contribution in [2.75, 3.05) is 32.2 Å². The molecule has 0 saturated heterocycles. The van der Waals surface area contributed by atoms with Crippen LogP contribution in [0.2, 0.25) is 0 Å². The number of nitrogens with two attached hydrogens (primary N) is 1. The van der Waals surface area contributed by atoms with Crippen molar-refractivity contribution in [3.63, 3.8) is 0 Å². The number of hydrogen-bond acceptors (Lipinski definition) is 6. The lowest BCUT2D eigenvalue weighted by Crippen LogP contribution is -2.38. The molecule has 0 aliphatic carbocycles. The normalized spacial score (nSPS) is 13.1. The first-order valence-electron chi connectivity index (χ1n) is 5.33. The summed E-state index contributed by atoms with van der Waals surface area (Å²) in [4.78, 5) is 6.48. The van der Waals surface area contributed by atoms with Gasteiger partial charge in [-0.15, -0.1) is 0 Å². The number of likely N-dealkylation sites (N-methyl/N-ethyl adjacent to an activating group) is 1. The Kier molecular flexibility index (Phi) is 5.11. The second-order valence-corrected chi connectivity index (χ2v) is 4.92. The van der Waals surface area contributed by atoms with Crippen LogP contribution in [0.1, 0.15) is 25.6 Å². The molecule has 1 heterocycles. The fourth-order valence-electron chi connectivity index (χ4n) is 1.31. The van der Waals surface area contributed by atoms with Crippen LogP contribution in [0.4, 0.5) is 5.13 Å². The van der Waals surface area contributed by atoms with Gasteiger partial charge in [-0.1, -0.05) is 13.8 Å². The van der Waals surface area contributed by atoms with E-state index in [0.717, 1.165) is 17.5 Å². The van der Waals surface area contributed by atoms with E-state index in [9.17, 15) is 0 Å². The van der Waals surface area contributed by atoms with Crippen LogP contribution < -0.4 is 10.6 Å². The molecule has 1 aromatic rings. The topological polar surface area (TPSA) is 64.3 Å². The summed E-state index contributed by atoms with van der Waals surface area (Å²) in [6, 6.07) is 0.00130. The van der Waals surface area contributed by atoms with Crippen molar-refractivity contribution < 1.29 is 4.74 Å². The summed E-state index contributed by atoms with van der Waals surface area (Å²) in [6.45, 7) is 5.45. The Morgan fingerprint density at radius 3 is 2.69 bits per heavy atom. The zero-order valence-corrected chi connectivity index (χ0v) is 11.1. The van der Waals surface area contributed by atoms with Crippen molar-refractivity contribution in [3.05, 3.63) is 5.82 Å². The van der Waals surface area contributed by atoms with Crippen LogP contribution in [0, 0.1) is 0 Å². The highest BCUT2D eigenvalue weighted by Crippen LogP contribution is 2.20. The Morgan fingerprint density at radius 2 is 2.19 bits per heavy atom. The van der Waals surface area contributed by atoms with Crippen molar-refractivity contribution >= 4 is 16.7 Å². The van der Waals surface area contributed by atoms with Gasteiger partial charge < -0.3 is 15.4 Å². The molecule has 0 spiro atoms. The Hall–Kier alpha value is -0.720. The minimum atomic E-state index is 0.00130. The minimum Gasteiger partial charge on any atom is -0.383 e. The highest BCUT2D eigenvalue weighted by atomic mass is 32.1. The summed E-state index contributed by atoms with van der Waals surface area (Å²) in [5.41, 5.74) is 5.88. The van der Waals surface area contributed by atoms with Gasteiger partial charge in [-0.3, -0.25) is 0 Å². The van der Waals surface area contributed by atoms with E-state index in [-0.39, 0.29) is 6.04 Å². The zero-order chi connectivity index (χ0) is 12.1. The average Bonchev–Trinajstić information content (AvgIpc) is 2.66. The quantitative estimate of drug-likeness (QED) is 0.811. The first-order chi connectivity index (χ1) is 7.54. The molecule has 0 saturated carbocycles. The molecule has 2 N–H and O–H groups in total. The van der Waals surface area contributed by atoms with E-state index in [4.69, 9.17) is 10.5 Å². The molecule has 1 atom stereocenters. The largest absolute Gasteiger partial charge is 0.383 e. The highest BCUT2D eigenvalue weighted by Gasteiger charge is 2.13. The van der Waals surface area contributed by atoms with Crippen molar-refractivity contribution in [3.8, 4) is 0 Å². The lowest BCUT2D eigenvalue weighted by Gasteiger charge is -2.19. The first kappa shape index (κ1) is 13.3. The Labute approximate surface area is 101 Å². The smallest absolute Gasteiger partial charge is 0.205 e. The fourth-order valence-corrected chi connectivity index (χ4v) is 2.09. The standard InChI is InChI=1S/C10H20N4OS/c1-7(2)9-12-10(16-13-9)14(3)5-8(11)6-15-4/h7-8H,5-6,11H2,1-4H3. The second-order valence-electron chi connectivity index (χ2n) is 4.19. The van der Waals surface area contributed by atoms with Gasteiger partial charge >= 0.3 is 0 Å². The highest BCUT2D eigenvalue weighted by molar-refractivity contribution is 7.09. The summed E-state index contributed by atoms with van der Waals surface area (Å²) in [5.74, 6) is 1.26. The molecule has 0 aliphatic heterocycles. The molecule has 0 bridgehead atoms. The summed E-state index contributed by atoms with van der Waals surface area (Å²) in [6.07, 6.45) is 0. The molecular formula is C10H20N4OS. The third-order valence-corrected chi connectivity index (χ3v) is 3.01. The molecule has 92 valence electrons. The number of aromatic nitrogens is 2. The van der Waals surface area contributed by atoms with Gasteiger partial charge in [-0.25, -0.2) is 4.98 Å². The van der Waals surface area contributed by atoms with E-state index in [0.29, 0.717) is 12.5 Å². The Morgan fingerprint density at radius 1 is 1.50 bits per heavy atom. The Bertz CT molecular complexity index is 316. The third kappa shape index (κ3) is 3.70.